The topological polar surface area (TPSA) is 165 Å². The number of hydrogen-bond donors (Lipinski definition) is 3. The van der Waals surface area contributed by atoms with Gasteiger partial charge in [0.25, 0.3) is 0 Å². The molecular weight excluding hydrogens is 656 g/mol. The van der Waals surface area contributed by atoms with Crippen LogP contribution in [0.5, 0.6) is 11.5 Å². The molecule has 0 radical (unpaired) electrons. The lowest BCUT2D eigenvalue weighted by Crippen LogP contribution is -2.52. The van der Waals surface area contributed by atoms with Crippen molar-refractivity contribution in [3.05, 3.63) is 54.1 Å². The van der Waals surface area contributed by atoms with E-state index in [0.717, 1.165) is 5.56 Å². The minimum absolute atomic E-state index is 0.0313. The fourth-order valence-corrected chi connectivity index (χ4v) is 8.12. The van der Waals surface area contributed by atoms with E-state index in [1.165, 1.54) is 15.3 Å². The van der Waals surface area contributed by atoms with Gasteiger partial charge in [-0.15, -0.1) is 0 Å². The van der Waals surface area contributed by atoms with E-state index in [1.54, 1.807) is 26.2 Å². The van der Waals surface area contributed by atoms with Gasteiger partial charge in [0.15, 0.2) is 17.8 Å². The highest BCUT2D eigenvalue weighted by atomic mass is 32.2. The van der Waals surface area contributed by atoms with Crippen molar-refractivity contribution in [2.24, 2.45) is 11.3 Å². The summed E-state index contributed by atoms with van der Waals surface area (Å²) in [5, 5.41) is 17.5. The van der Waals surface area contributed by atoms with Gasteiger partial charge in [0.2, 0.25) is 16.8 Å². The molecule has 3 aliphatic rings. The molecule has 3 aliphatic heterocycles. The number of benzene rings is 2. The highest BCUT2D eigenvalue weighted by Gasteiger charge is 2.44. The third kappa shape index (κ3) is 9.34. The molecule has 2 aromatic carbocycles. The Kier molecular flexibility index (Phi) is 11.9. The first-order chi connectivity index (χ1) is 23.3. The maximum Gasteiger partial charge on any atom is 0.407 e. The Balaban J connectivity index is 1.36. The van der Waals surface area contributed by atoms with Crippen LogP contribution in [0.15, 0.2) is 53.4 Å². The summed E-state index contributed by atoms with van der Waals surface area (Å²) in [4.78, 5) is 26.6. The van der Waals surface area contributed by atoms with Crippen molar-refractivity contribution < 1.29 is 46.8 Å². The number of aliphatic hydroxyl groups excluding tert-OH is 1. The van der Waals surface area contributed by atoms with E-state index in [4.69, 9.17) is 23.7 Å². The van der Waals surface area contributed by atoms with Crippen LogP contribution in [0, 0.1) is 11.3 Å². The molecule has 0 unspecified atom stereocenters. The second-order valence-electron chi connectivity index (χ2n) is 13.7. The predicted octanol–water partition coefficient (Wildman–Crippen LogP) is 2.94. The number of ether oxygens (including phenoxy) is 5. The van der Waals surface area contributed by atoms with Crippen LogP contribution in [0.25, 0.3) is 0 Å². The van der Waals surface area contributed by atoms with Gasteiger partial charge < -0.3 is 44.3 Å². The van der Waals surface area contributed by atoms with Crippen molar-refractivity contribution >= 4 is 22.1 Å². The predicted molar refractivity (Wildman–Crippen MR) is 179 cm³/mol. The van der Waals surface area contributed by atoms with Crippen LogP contribution >= 0.6 is 0 Å². The number of rotatable bonds is 15. The lowest BCUT2D eigenvalue weighted by Gasteiger charge is -2.35. The summed E-state index contributed by atoms with van der Waals surface area (Å²) in [6.07, 6.45) is -0.871. The van der Waals surface area contributed by atoms with E-state index in [9.17, 15) is 23.1 Å². The fraction of sp³-hybridized carbons (Fsp3) is 0.588. The lowest BCUT2D eigenvalue weighted by molar-refractivity contribution is -0.0907. The molecule has 14 nitrogen and oxygen atoms in total. The molecule has 0 bridgehead atoms. The number of para-hydroxylation sites is 1. The molecule has 2 fully saturated rings. The summed E-state index contributed by atoms with van der Waals surface area (Å²) in [5.41, 5.74) is 0.260. The molecule has 0 aliphatic carbocycles. The number of sulfonamides is 1. The number of nitrogens with one attached hydrogen (secondary N) is 2. The maximum atomic E-state index is 14.4. The summed E-state index contributed by atoms with van der Waals surface area (Å²) < 4.78 is 58.0. The van der Waals surface area contributed by atoms with Gasteiger partial charge in [-0.25, -0.2) is 18.0 Å². The number of hydrogen-bond acceptors (Lipinski definition) is 10. The Morgan fingerprint density at radius 3 is 2.61 bits per heavy atom. The van der Waals surface area contributed by atoms with Crippen molar-refractivity contribution in [2.75, 3.05) is 53.7 Å². The van der Waals surface area contributed by atoms with E-state index < -0.39 is 46.1 Å². The van der Waals surface area contributed by atoms with Crippen molar-refractivity contribution in [1.29, 1.82) is 0 Å². The standard InChI is InChI=1S/C34H48N4O10S/c1-34(2,15-9-16-35-32(40)37(3)4)21-38(49(42,43)29-13-8-12-27-30(29)47-22-46-27)19-26(39)25(18-23-10-6-5-7-11-23)36-33(41)48-28-20-45-31-24(28)14-17-44-31/h5-8,10-13,24-26,28,31,39H,9,14-22H2,1-4H3,(H,35,40)(H,36,41)/t24-,25-,26+,28-,31+/m0/s1. The zero-order valence-corrected chi connectivity index (χ0v) is 29.3. The quantitative estimate of drug-likeness (QED) is 0.235. The van der Waals surface area contributed by atoms with Gasteiger partial charge in [-0.3, -0.25) is 0 Å². The van der Waals surface area contributed by atoms with E-state index in [1.807, 2.05) is 44.2 Å². The van der Waals surface area contributed by atoms with E-state index in [0.29, 0.717) is 38.2 Å². The molecular formula is C34H48N4O10S. The molecule has 270 valence electrons. The third-order valence-electron chi connectivity index (χ3n) is 9.00. The van der Waals surface area contributed by atoms with Gasteiger partial charge in [0.1, 0.15) is 11.0 Å². The summed E-state index contributed by atoms with van der Waals surface area (Å²) in [6, 6.07) is 12.9. The molecule has 0 aromatic heterocycles. The SMILES string of the molecule is CN(C)C(=O)NCCCC(C)(C)CN(C[C@@H](O)[C@H](Cc1ccccc1)NC(=O)O[C@H]1CO[C@H]2OCC[C@H]21)S(=O)(=O)c1cccc2c1OCO2. The number of urea groups is 1. The molecule has 2 saturated heterocycles. The first kappa shape index (κ1) is 36.6. The highest BCUT2D eigenvalue weighted by Crippen LogP contribution is 2.40. The van der Waals surface area contributed by atoms with Crippen LogP contribution in [0.1, 0.15) is 38.7 Å². The minimum Gasteiger partial charge on any atom is -0.454 e. The van der Waals surface area contributed by atoms with Gasteiger partial charge in [0.05, 0.1) is 31.3 Å². The number of fused-ring (bicyclic) bond motifs is 2. The van der Waals surface area contributed by atoms with Crippen LogP contribution in [0.4, 0.5) is 9.59 Å². The van der Waals surface area contributed by atoms with E-state index >= 15 is 0 Å². The van der Waals surface area contributed by atoms with Gasteiger partial charge in [-0.05, 0) is 48.8 Å². The first-order valence-electron chi connectivity index (χ1n) is 16.6. The molecule has 2 aromatic rings. The zero-order valence-electron chi connectivity index (χ0n) is 28.5. The maximum absolute atomic E-state index is 14.4. The van der Waals surface area contributed by atoms with E-state index in [-0.39, 0.29) is 55.5 Å². The Morgan fingerprint density at radius 2 is 1.86 bits per heavy atom. The Labute approximate surface area is 288 Å². The second-order valence-corrected chi connectivity index (χ2v) is 15.6. The number of alkyl carbamates (subject to hydrolysis) is 1. The molecule has 0 saturated carbocycles. The van der Waals surface area contributed by atoms with Crippen LogP contribution in [-0.4, -0.2) is 113 Å². The molecule has 15 heteroatoms. The van der Waals surface area contributed by atoms with Crippen molar-refractivity contribution in [1.82, 2.24) is 19.8 Å². The lowest BCUT2D eigenvalue weighted by atomic mass is 9.87. The minimum atomic E-state index is -4.26. The normalized spacial score (nSPS) is 21.2. The second kappa shape index (κ2) is 15.9. The molecule has 0 spiro atoms. The Bertz CT molecular complexity index is 1540. The fourth-order valence-electron chi connectivity index (χ4n) is 6.33. The first-order valence-corrected chi connectivity index (χ1v) is 18.0. The summed E-state index contributed by atoms with van der Waals surface area (Å²) in [7, 11) is -0.940. The van der Waals surface area contributed by atoms with Crippen LogP contribution < -0.4 is 20.1 Å². The molecule has 5 atom stereocenters. The van der Waals surface area contributed by atoms with Gasteiger partial charge in [-0.2, -0.15) is 4.31 Å². The molecule has 5 rings (SSSR count). The largest absolute Gasteiger partial charge is 0.454 e. The van der Waals surface area contributed by atoms with Gasteiger partial charge in [-0.1, -0.05) is 50.2 Å². The third-order valence-corrected chi connectivity index (χ3v) is 10.8. The molecule has 3 heterocycles. The summed E-state index contributed by atoms with van der Waals surface area (Å²) in [5.74, 6) is 0.359. The number of nitrogens with zero attached hydrogens (tertiary/aromatic N) is 2. The Hall–Kier alpha value is -3.63. The number of amides is 3. The van der Waals surface area contributed by atoms with Crippen LogP contribution in [-0.2, 0) is 30.7 Å². The summed E-state index contributed by atoms with van der Waals surface area (Å²) in [6.45, 7) is 4.61. The smallest absolute Gasteiger partial charge is 0.407 e. The monoisotopic (exact) mass is 704 g/mol. The van der Waals surface area contributed by atoms with Crippen LogP contribution in [0.2, 0.25) is 0 Å². The van der Waals surface area contributed by atoms with Gasteiger partial charge in [0, 0.05) is 33.7 Å². The van der Waals surface area contributed by atoms with Crippen LogP contribution in [0.3, 0.4) is 0 Å². The summed E-state index contributed by atoms with van der Waals surface area (Å²) >= 11 is 0. The van der Waals surface area contributed by atoms with Crippen molar-refractivity contribution in [3.8, 4) is 11.5 Å². The van der Waals surface area contributed by atoms with E-state index in [2.05, 4.69) is 10.6 Å². The zero-order chi connectivity index (χ0) is 35.2. The number of carbonyl (C=O) groups excluding carboxylic acids is 2. The van der Waals surface area contributed by atoms with Crippen molar-refractivity contribution in [3.63, 3.8) is 0 Å². The number of carbonyl (C=O) groups is 2. The highest BCUT2D eigenvalue weighted by molar-refractivity contribution is 7.89. The average molecular weight is 705 g/mol. The number of aliphatic hydroxyl groups is 1. The van der Waals surface area contributed by atoms with Crippen molar-refractivity contribution in [2.45, 2.75) is 69.0 Å². The van der Waals surface area contributed by atoms with Gasteiger partial charge >= 0.3 is 12.1 Å². The molecule has 49 heavy (non-hydrogen) atoms. The molecule has 3 amide bonds. The average Bonchev–Trinajstić information content (AvgIpc) is 3.81. The Morgan fingerprint density at radius 1 is 1.08 bits per heavy atom. The molecule has 3 N–H and O–H groups in total.